The van der Waals surface area contributed by atoms with Crippen molar-refractivity contribution < 1.29 is 9.59 Å². The van der Waals surface area contributed by atoms with Gasteiger partial charge in [0.2, 0.25) is 5.91 Å². The average Bonchev–Trinajstić information content (AvgIpc) is 2.60. The number of nitrogens with zero attached hydrogens (tertiary/aromatic N) is 1. The number of hydrogen-bond donors (Lipinski definition) is 2. The Morgan fingerprint density at radius 1 is 1.08 bits per heavy atom. The van der Waals surface area contributed by atoms with Gasteiger partial charge in [0.1, 0.15) is 6.04 Å². The predicted octanol–water partition coefficient (Wildman–Crippen LogP) is 3.51. The van der Waals surface area contributed by atoms with E-state index in [2.05, 4.69) is 15.6 Å². The number of rotatable bonds is 6. The second-order valence-electron chi connectivity index (χ2n) is 6.14. The molecule has 25 heavy (non-hydrogen) atoms. The van der Waals surface area contributed by atoms with Crippen LogP contribution in [-0.2, 0) is 4.79 Å². The summed E-state index contributed by atoms with van der Waals surface area (Å²) in [7, 11) is 0. The van der Waals surface area contributed by atoms with Crippen molar-refractivity contribution >= 4 is 29.3 Å². The number of aromatic nitrogens is 1. The summed E-state index contributed by atoms with van der Waals surface area (Å²) in [6.07, 6.45) is 3.55. The van der Waals surface area contributed by atoms with Crippen LogP contribution in [0.5, 0.6) is 0 Å². The van der Waals surface area contributed by atoms with E-state index in [4.69, 9.17) is 0 Å². The minimum atomic E-state index is -0.631. The summed E-state index contributed by atoms with van der Waals surface area (Å²) in [6, 6.07) is 10.3. The highest BCUT2D eigenvalue weighted by atomic mass is 32.2. The minimum absolute atomic E-state index is 0.0483. The van der Waals surface area contributed by atoms with Crippen molar-refractivity contribution in [3.63, 3.8) is 0 Å². The molecule has 0 saturated heterocycles. The van der Waals surface area contributed by atoms with Crippen LogP contribution >= 0.6 is 11.8 Å². The van der Waals surface area contributed by atoms with E-state index in [-0.39, 0.29) is 17.7 Å². The Balaban J connectivity index is 2.06. The first-order chi connectivity index (χ1) is 11.9. The molecule has 1 atom stereocenters. The molecule has 2 aromatic rings. The Kier molecular flexibility index (Phi) is 6.58. The smallest absolute Gasteiger partial charge is 0.251 e. The number of pyridine rings is 1. The van der Waals surface area contributed by atoms with Crippen LogP contribution in [0, 0.1) is 12.8 Å². The summed E-state index contributed by atoms with van der Waals surface area (Å²) in [5.41, 5.74) is 2.23. The van der Waals surface area contributed by atoms with Crippen molar-refractivity contribution in [3.05, 3.63) is 53.7 Å². The van der Waals surface area contributed by atoms with Crippen molar-refractivity contribution in [1.82, 2.24) is 10.3 Å². The minimum Gasteiger partial charge on any atom is -0.340 e. The SMILES string of the molecule is CSc1ccc(NC(=O)C(NC(=O)c2ccc(C)cc2)C(C)C)cn1. The highest BCUT2D eigenvalue weighted by molar-refractivity contribution is 7.98. The van der Waals surface area contributed by atoms with Crippen molar-refractivity contribution in [3.8, 4) is 0 Å². The van der Waals surface area contributed by atoms with Gasteiger partial charge in [0.15, 0.2) is 0 Å². The fraction of sp³-hybridized carbons (Fsp3) is 0.316. The van der Waals surface area contributed by atoms with E-state index >= 15 is 0 Å². The molecule has 1 aromatic heterocycles. The lowest BCUT2D eigenvalue weighted by Crippen LogP contribution is -2.47. The molecule has 132 valence electrons. The fourth-order valence-corrected chi connectivity index (χ4v) is 2.62. The Hall–Kier alpha value is -2.34. The van der Waals surface area contributed by atoms with Crippen LogP contribution in [0.3, 0.4) is 0 Å². The van der Waals surface area contributed by atoms with Gasteiger partial charge in [-0.2, -0.15) is 0 Å². The molecule has 0 radical (unpaired) electrons. The van der Waals surface area contributed by atoms with Gasteiger partial charge in [-0.1, -0.05) is 31.5 Å². The second kappa shape index (κ2) is 8.67. The Labute approximate surface area is 152 Å². The molecule has 0 aliphatic heterocycles. The maximum Gasteiger partial charge on any atom is 0.251 e. The highest BCUT2D eigenvalue weighted by Gasteiger charge is 2.24. The lowest BCUT2D eigenvalue weighted by molar-refractivity contribution is -0.118. The van der Waals surface area contributed by atoms with Gasteiger partial charge in [0.25, 0.3) is 5.91 Å². The molecule has 0 fully saturated rings. The molecular weight excluding hydrogens is 334 g/mol. The first kappa shape index (κ1) is 19.0. The summed E-state index contributed by atoms with van der Waals surface area (Å²) in [4.78, 5) is 29.2. The zero-order valence-electron chi connectivity index (χ0n) is 14.9. The summed E-state index contributed by atoms with van der Waals surface area (Å²) in [5, 5.41) is 6.52. The zero-order valence-corrected chi connectivity index (χ0v) is 15.7. The van der Waals surface area contributed by atoms with Gasteiger partial charge in [0.05, 0.1) is 16.9 Å². The summed E-state index contributed by atoms with van der Waals surface area (Å²) >= 11 is 1.53. The number of aryl methyl sites for hydroxylation is 1. The van der Waals surface area contributed by atoms with Crippen LogP contribution in [0.2, 0.25) is 0 Å². The van der Waals surface area contributed by atoms with Gasteiger partial charge in [-0.15, -0.1) is 11.8 Å². The summed E-state index contributed by atoms with van der Waals surface area (Å²) in [6.45, 7) is 5.76. The number of benzene rings is 1. The molecule has 0 bridgehead atoms. The van der Waals surface area contributed by atoms with E-state index in [1.54, 1.807) is 24.4 Å². The molecule has 6 heteroatoms. The maximum atomic E-state index is 12.6. The summed E-state index contributed by atoms with van der Waals surface area (Å²) in [5.74, 6) is -0.563. The van der Waals surface area contributed by atoms with Crippen molar-refractivity contribution in [1.29, 1.82) is 0 Å². The first-order valence-corrected chi connectivity index (χ1v) is 9.31. The first-order valence-electron chi connectivity index (χ1n) is 8.09. The Bertz CT molecular complexity index is 727. The number of nitrogens with one attached hydrogen (secondary N) is 2. The molecular formula is C19H23N3O2S. The number of amides is 2. The third-order valence-corrected chi connectivity index (χ3v) is 4.42. The van der Waals surface area contributed by atoms with E-state index in [1.165, 1.54) is 11.8 Å². The molecule has 0 saturated carbocycles. The Morgan fingerprint density at radius 2 is 1.76 bits per heavy atom. The summed E-state index contributed by atoms with van der Waals surface area (Å²) < 4.78 is 0. The third-order valence-electron chi connectivity index (χ3n) is 3.76. The highest BCUT2D eigenvalue weighted by Crippen LogP contribution is 2.15. The molecule has 0 aliphatic rings. The van der Waals surface area contributed by atoms with E-state index in [1.807, 2.05) is 45.2 Å². The zero-order chi connectivity index (χ0) is 18.4. The van der Waals surface area contributed by atoms with Gasteiger partial charge in [0, 0.05) is 5.56 Å². The normalized spacial score (nSPS) is 11.9. The van der Waals surface area contributed by atoms with Crippen LogP contribution in [0.1, 0.15) is 29.8 Å². The molecule has 0 aliphatic carbocycles. The van der Waals surface area contributed by atoms with Gasteiger partial charge < -0.3 is 10.6 Å². The van der Waals surface area contributed by atoms with Crippen LogP contribution in [0.15, 0.2) is 47.6 Å². The number of thioether (sulfide) groups is 1. The predicted molar refractivity (Wildman–Crippen MR) is 102 cm³/mol. The van der Waals surface area contributed by atoms with Crippen LogP contribution in [0.25, 0.3) is 0 Å². The van der Waals surface area contributed by atoms with Crippen molar-refractivity contribution in [2.75, 3.05) is 11.6 Å². The van der Waals surface area contributed by atoms with Crippen LogP contribution < -0.4 is 10.6 Å². The molecule has 0 spiro atoms. The van der Waals surface area contributed by atoms with Crippen molar-refractivity contribution in [2.24, 2.45) is 5.92 Å². The lowest BCUT2D eigenvalue weighted by atomic mass is 10.0. The van der Waals surface area contributed by atoms with Gasteiger partial charge >= 0.3 is 0 Å². The van der Waals surface area contributed by atoms with E-state index in [0.29, 0.717) is 11.3 Å². The number of carbonyl (C=O) groups excluding carboxylic acids is 2. The Morgan fingerprint density at radius 3 is 2.28 bits per heavy atom. The third kappa shape index (κ3) is 5.32. The number of anilines is 1. The largest absolute Gasteiger partial charge is 0.340 e. The van der Waals surface area contributed by atoms with E-state index in [9.17, 15) is 9.59 Å². The van der Waals surface area contributed by atoms with Gasteiger partial charge in [-0.3, -0.25) is 9.59 Å². The molecule has 1 heterocycles. The quantitative estimate of drug-likeness (QED) is 0.776. The van der Waals surface area contributed by atoms with E-state index in [0.717, 1.165) is 10.6 Å². The molecule has 2 rings (SSSR count). The standard InChI is InChI=1S/C19H23N3O2S/c1-12(2)17(22-18(23)14-7-5-13(3)6-8-14)19(24)21-15-9-10-16(25-4)20-11-15/h5-12,17H,1-4H3,(H,21,24)(H,22,23). The molecule has 2 N–H and O–H groups in total. The topological polar surface area (TPSA) is 71.1 Å². The van der Waals surface area contributed by atoms with Crippen LogP contribution in [-0.4, -0.2) is 29.1 Å². The molecule has 1 unspecified atom stereocenters. The number of carbonyl (C=O) groups is 2. The van der Waals surface area contributed by atoms with Crippen LogP contribution in [0.4, 0.5) is 5.69 Å². The molecule has 2 amide bonds. The van der Waals surface area contributed by atoms with Crippen molar-refractivity contribution in [2.45, 2.75) is 31.8 Å². The van der Waals surface area contributed by atoms with Gasteiger partial charge in [-0.05, 0) is 43.4 Å². The monoisotopic (exact) mass is 357 g/mol. The lowest BCUT2D eigenvalue weighted by Gasteiger charge is -2.21. The fourth-order valence-electron chi connectivity index (χ4n) is 2.26. The molecule has 5 nitrogen and oxygen atoms in total. The number of hydrogen-bond acceptors (Lipinski definition) is 4. The van der Waals surface area contributed by atoms with E-state index < -0.39 is 6.04 Å². The van der Waals surface area contributed by atoms with Gasteiger partial charge in [-0.25, -0.2) is 4.98 Å². The average molecular weight is 357 g/mol. The second-order valence-corrected chi connectivity index (χ2v) is 6.97. The maximum absolute atomic E-state index is 12.6. The molecule has 1 aromatic carbocycles.